The number of alkyl halides is 1. The smallest absolute Gasteiger partial charge is 0.127 e. The summed E-state index contributed by atoms with van der Waals surface area (Å²) in [5, 5.41) is 0. The van der Waals surface area contributed by atoms with E-state index in [1.807, 2.05) is 12.1 Å². The molecule has 0 fully saturated rings. The molecule has 0 unspecified atom stereocenters. The molecule has 1 nitrogen and oxygen atoms in total. The molecule has 2 heteroatoms. The van der Waals surface area contributed by atoms with Gasteiger partial charge in [0, 0.05) is 5.56 Å². The lowest BCUT2D eigenvalue weighted by molar-refractivity contribution is 0.301. The van der Waals surface area contributed by atoms with Gasteiger partial charge in [0.25, 0.3) is 0 Å². The fraction of sp³-hybridized carbons (Fsp3) is 0.333. The van der Waals surface area contributed by atoms with E-state index in [4.69, 9.17) is 16.3 Å². The molecular weight excluding hydrogens is 268 g/mol. The average Bonchev–Trinajstić information content (AvgIpc) is 2.93. The van der Waals surface area contributed by atoms with Gasteiger partial charge in [0.05, 0.1) is 5.88 Å². The molecule has 0 atom stereocenters. The number of fused-ring (bicyclic) bond motifs is 1. The summed E-state index contributed by atoms with van der Waals surface area (Å²) in [5.74, 6) is 1.42. The van der Waals surface area contributed by atoms with Crippen LogP contribution in [0.1, 0.15) is 34.2 Å². The van der Waals surface area contributed by atoms with Crippen molar-refractivity contribution >= 4 is 11.6 Å². The fourth-order valence-corrected chi connectivity index (χ4v) is 3.11. The Morgan fingerprint density at radius 1 is 1.10 bits per heavy atom. The van der Waals surface area contributed by atoms with E-state index in [2.05, 4.69) is 31.2 Å². The van der Waals surface area contributed by atoms with Crippen molar-refractivity contribution in [3.8, 4) is 5.75 Å². The first-order chi connectivity index (χ1) is 9.78. The third kappa shape index (κ3) is 2.69. The number of hydrogen-bond donors (Lipinski definition) is 0. The van der Waals surface area contributed by atoms with Crippen molar-refractivity contribution in [3.63, 3.8) is 0 Å². The lowest BCUT2D eigenvalue weighted by Crippen LogP contribution is -2.00. The van der Waals surface area contributed by atoms with Gasteiger partial charge in [0.15, 0.2) is 0 Å². The second kappa shape index (κ2) is 5.88. The Kier molecular flexibility index (Phi) is 3.98. The minimum absolute atomic E-state index is 0.487. The summed E-state index contributed by atoms with van der Waals surface area (Å²) < 4.78 is 6.02. The zero-order valence-corrected chi connectivity index (χ0v) is 12.5. The van der Waals surface area contributed by atoms with E-state index >= 15 is 0 Å². The molecule has 0 aliphatic heterocycles. The van der Waals surface area contributed by atoms with E-state index in [-0.39, 0.29) is 0 Å². The van der Waals surface area contributed by atoms with Crippen LogP contribution in [-0.2, 0) is 25.3 Å². The largest absolute Gasteiger partial charge is 0.488 e. The summed E-state index contributed by atoms with van der Waals surface area (Å²) in [5.41, 5.74) is 6.45. The normalized spacial score (nSPS) is 13.3. The maximum absolute atomic E-state index is 6.02. The Bertz CT molecular complexity index is 619. The number of benzene rings is 2. The number of halogens is 1. The predicted molar refractivity (Wildman–Crippen MR) is 83.5 cm³/mol. The number of para-hydroxylation sites is 1. The van der Waals surface area contributed by atoms with Gasteiger partial charge in [-0.15, -0.1) is 11.6 Å². The molecule has 104 valence electrons. The average molecular weight is 287 g/mol. The Labute approximate surface area is 125 Å². The van der Waals surface area contributed by atoms with E-state index in [0.29, 0.717) is 12.5 Å². The van der Waals surface area contributed by atoms with Gasteiger partial charge in [-0.25, -0.2) is 0 Å². The first-order valence-corrected chi connectivity index (χ1v) is 7.69. The minimum atomic E-state index is 0.487. The summed E-state index contributed by atoms with van der Waals surface area (Å²) in [7, 11) is 0. The van der Waals surface area contributed by atoms with Gasteiger partial charge in [-0.3, -0.25) is 0 Å². The van der Waals surface area contributed by atoms with Crippen LogP contribution in [0.5, 0.6) is 5.75 Å². The van der Waals surface area contributed by atoms with E-state index < -0.39 is 0 Å². The molecule has 0 amide bonds. The first kappa shape index (κ1) is 13.5. The van der Waals surface area contributed by atoms with Crippen LogP contribution in [0.25, 0.3) is 0 Å². The first-order valence-electron chi connectivity index (χ1n) is 7.16. The van der Waals surface area contributed by atoms with Crippen LogP contribution in [0, 0.1) is 6.92 Å². The van der Waals surface area contributed by atoms with E-state index in [9.17, 15) is 0 Å². The number of aryl methyl sites for hydroxylation is 3. The molecule has 0 saturated heterocycles. The van der Waals surface area contributed by atoms with Crippen LogP contribution >= 0.6 is 11.6 Å². The molecule has 1 aliphatic carbocycles. The van der Waals surface area contributed by atoms with Crippen molar-refractivity contribution in [2.75, 3.05) is 0 Å². The lowest BCUT2D eigenvalue weighted by Gasteiger charge is -2.13. The van der Waals surface area contributed by atoms with Crippen LogP contribution in [0.3, 0.4) is 0 Å². The SMILES string of the molecule is Cc1cccc(CCl)c1OCc1ccc2c(c1)CCC2. The van der Waals surface area contributed by atoms with Crippen molar-refractivity contribution in [2.45, 2.75) is 38.7 Å². The maximum Gasteiger partial charge on any atom is 0.127 e. The molecule has 20 heavy (non-hydrogen) atoms. The van der Waals surface area contributed by atoms with Gasteiger partial charge in [-0.2, -0.15) is 0 Å². The molecule has 1 aliphatic rings. The highest BCUT2D eigenvalue weighted by molar-refractivity contribution is 6.17. The Morgan fingerprint density at radius 2 is 1.95 bits per heavy atom. The molecule has 0 bridgehead atoms. The maximum atomic E-state index is 6.02. The predicted octanol–water partition coefficient (Wildman–Crippen LogP) is 4.80. The van der Waals surface area contributed by atoms with Gasteiger partial charge in [0.1, 0.15) is 12.4 Å². The van der Waals surface area contributed by atoms with Crippen molar-refractivity contribution < 1.29 is 4.74 Å². The molecule has 0 N–H and O–H groups in total. The highest BCUT2D eigenvalue weighted by Crippen LogP contribution is 2.27. The number of rotatable bonds is 4. The van der Waals surface area contributed by atoms with E-state index in [0.717, 1.165) is 16.9 Å². The zero-order chi connectivity index (χ0) is 13.9. The van der Waals surface area contributed by atoms with Crippen LogP contribution in [0.4, 0.5) is 0 Å². The van der Waals surface area contributed by atoms with Crippen LogP contribution in [0.2, 0.25) is 0 Å². The van der Waals surface area contributed by atoms with Gasteiger partial charge in [0.2, 0.25) is 0 Å². The topological polar surface area (TPSA) is 9.23 Å². The fourth-order valence-electron chi connectivity index (χ4n) is 2.90. The summed E-state index contributed by atoms with van der Waals surface area (Å²) in [6.45, 7) is 2.68. The summed E-state index contributed by atoms with van der Waals surface area (Å²) in [6.07, 6.45) is 3.72. The number of hydrogen-bond acceptors (Lipinski definition) is 1. The Balaban J connectivity index is 1.77. The lowest BCUT2D eigenvalue weighted by atomic mass is 10.1. The van der Waals surface area contributed by atoms with Crippen LogP contribution in [-0.4, -0.2) is 0 Å². The highest BCUT2D eigenvalue weighted by atomic mass is 35.5. The summed E-state index contributed by atoms with van der Waals surface area (Å²) in [4.78, 5) is 0. The van der Waals surface area contributed by atoms with Gasteiger partial charge < -0.3 is 4.74 Å². The van der Waals surface area contributed by atoms with E-state index in [1.165, 1.54) is 36.0 Å². The van der Waals surface area contributed by atoms with Gasteiger partial charge >= 0.3 is 0 Å². The molecule has 3 rings (SSSR count). The standard InChI is InChI=1S/C18H19ClO/c1-13-4-2-7-17(11-19)18(13)20-12-14-8-9-15-5-3-6-16(15)10-14/h2,4,7-10H,3,5-6,11-12H2,1H3. The van der Waals surface area contributed by atoms with Gasteiger partial charge in [-0.05, 0) is 48.4 Å². The third-order valence-corrected chi connectivity index (χ3v) is 4.27. The second-order valence-corrected chi connectivity index (χ2v) is 5.71. The van der Waals surface area contributed by atoms with Crippen LogP contribution in [0.15, 0.2) is 36.4 Å². The molecule has 2 aromatic rings. The Hall–Kier alpha value is -1.47. The van der Waals surface area contributed by atoms with Crippen molar-refractivity contribution in [3.05, 3.63) is 64.2 Å². The summed E-state index contributed by atoms with van der Waals surface area (Å²) >= 11 is 5.98. The molecule has 2 aromatic carbocycles. The minimum Gasteiger partial charge on any atom is -0.488 e. The molecule has 0 heterocycles. The molecule has 0 aromatic heterocycles. The monoisotopic (exact) mass is 286 g/mol. The highest BCUT2D eigenvalue weighted by Gasteiger charge is 2.11. The molecular formula is C18H19ClO. The second-order valence-electron chi connectivity index (χ2n) is 5.44. The van der Waals surface area contributed by atoms with Gasteiger partial charge in [-0.1, -0.05) is 36.4 Å². The molecule has 0 spiro atoms. The van der Waals surface area contributed by atoms with Crippen LogP contribution < -0.4 is 4.74 Å². The van der Waals surface area contributed by atoms with Crippen molar-refractivity contribution in [1.29, 1.82) is 0 Å². The summed E-state index contributed by atoms with van der Waals surface area (Å²) in [6, 6.07) is 12.8. The molecule has 0 radical (unpaired) electrons. The third-order valence-electron chi connectivity index (χ3n) is 3.98. The van der Waals surface area contributed by atoms with Crippen molar-refractivity contribution in [2.24, 2.45) is 0 Å². The molecule has 0 saturated carbocycles. The zero-order valence-electron chi connectivity index (χ0n) is 11.8. The van der Waals surface area contributed by atoms with Crippen molar-refractivity contribution in [1.82, 2.24) is 0 Å². The Morgan fingerprint density at radius 3 is 2.80 bits per heavy atom. The number of ether oxygens (including phenoxy) is 1. The van der Waals surface area contributed by atoms with E-state index in [1.54, 1.807) is 0 Å². The quantitative estimate of drug-likeness (QED) is 0.734.